The van der Waals surface area contributed by atoms with Crippen LogP contribution in [0, 0.1) is 0 Å². The Labute approximate surface area is 127 Å². The lowest BCUT2D eigenvalue weighted by atomic mass is 10.1. The monoisotopic (exact) mass is 315 g/mol. The van der Waals surface area contributed by atoms with Gasteiger partial charge in [0.15, 0.2) is 0 Å². The van der Waals surface area contributed by atoms with Gasteiger partial charge in [-0.15, -0.1) is 0 Å². The summed E-state index contributed by atoms with van der Waals surface area (Å²) in [6.45, 7) is 0. The quantitative estimate of drug-likeness (QED) is 0.687. The fraction of sp³-hybridized carbons (Fsp3) is 0. The summed E-state index contributed by atoms with van der Waals surface area (Å²) in [5.41, 5.74) is 2.45. The SMILES string of the molecule is NS(=O)(=O)c1ccccc1-c1cc(-c2ccc(O)cc2)n[nH]1. The number of aromatic hydroxyl groups is 1. The molecular weight excluding hydrogens is 302 g/mol. The van der Waals surface area contributed by atoms with Gasteiger partial charge >= 0.3 is 0 Å². The molecule has 0 bridgehead atoms. The number of phenolic OH excluding ortho intramolecular Hbond substituents is 1. The van der Waals surface area contributed by atoms with Crippen molar-refractivity contribution in [1.29, 1.82) is 0 Å². The van der Waals surface area contributed by atoms with Gasteiger partial charge in [0.2, 0.25) is 10.0 Å². The Hall–Kier alpha value is -2.64. The molecule has 0 aliphatic rings. The predicted molar refractivity (Wildman–Crippen MR) is 82.5 cm³/mol. The van der Waals surface area contributed by atoms with Crippen molar-refractivity contribution in [3.8, 4) is 28.3 Å². The van der Waals surface area contributed by atoms with Gasteiger partial charge in [0.05, 0.1) is 16.3 Å². The van der Waals surface area contributed by atoms with E-state index in [4.69, 9.17) is 5.14 Å². The molecule has 0 aliphatic heterocycles. The number of hydrogen-bond donors (Lipinski definition) is 3. The highest BCUT2D eigenvalue weighted by Gasteiger charge is 2.16. The zero-order valence-electron chi connectivity index (χ0n) is 11.4. The Bertz CT molecular complexity index is 915. The maximum atomic E-state index is 11.7. The van der Waals surface area contributed by atoms with Gasteiger partial charge in [0, 0.05) is 11.1 Å². The van der Waals surface area contributed by atoms with Crippen molar-refractivity contribution < 1.29 is 13.5 Å². The van der Waals surface area contributed by atoms with E-state index in [9.17, 15) is 13.5 Å². The van der Waals surface area contributed by atoms with Crippen LogP contribution in [0.3, 0.4) is 0 Å². The van der Waals surface area contributed by atoms with Crippen molar-refractivity contribution in [2.45, 2.75) is 4.90 Å². The number of hydrogen-bond acceptors (Lipinski definition) is 4. The van der Waals surface area contributed by atoms with Crippen LogP contribution in [0.4, 0.5) is 0 Å². The number of phenols is 1. The maximum Gasteiger partial charge on any atom is 0.238 e. The third kappa shape index (κ3) is 2.72. The summed E-state index contributed by atoms with van der Waals surface area (Å²) in [6.07, 6.45) is 0. The zero-order valence-corrected chi connectivity index (χ0v) is 12.2. The number of primary sulfonamides is 1. The molecule has 0 fully saturated rings. The van der Waals surface area contributed by atoms with Gasteiger partial charge in [-0.25, -0.2) is 13.6 Å². The molecule has 0 radical (unpaired) electrons. The lowest BCUT2D eigenvalue weighted by Crippen LogP contribution is -2.13. The normalized spacial score (nSPS) is 11.5. The summed E-state index contributed by atoms with van der Waals surface area (Å²) >= 11 is 0. The van der Waals surface area contributed by atoms with E-state index in [0.717, 1.165) is 5.56 Å². The van der Waals surface area contributed by atoms with Crippen molar-refractivity contribution in [1.82, 2.24) is 10.2 Å². The van der Waals surface area contributed by atoms with Gasteiger partial charge in [-0.3, -0.25) is 5.10 Å². The van der Waals surface area contributed by atoms with Crippen molar-refractivity contribution in [2.24, 2.45) is 5.14 Å². The van der Waals surface area contributed by atoms with Crippen LogP contribution >= 0.6 is 0 Å². The second-order valence-corrected chi connectivity index (χ2v) is 6.28. The summed E-state index contributed by atoms with van der Waals surface area (Å²) in [6, 6.07) is 14.7. The molecule has 0 saturated heterocycles. The molecule has 3 aromatic rings. The highest BCUT2D eigenvalue weighted by molar-refractivity contribution is 7.89. The lowest BCUT2D eigenvalue weighted by Gasteiger charge is -2.04. The molecule has 0 aliphatic carbocycles. The number of nitrogens with one attached hydrogen (secondary N) is 1. The van der Waals surface area contributed by atoms with Crippen LogP contribution in [-0.2, 0) is 10.0 Å². The fourth-order valence-corrected chi connectivity index (χ4v) is 2.93. The molecule has 4 N–H and O–H groups in total. The van der Waals surface area contributed by atoms with Crippen LogP contribution in [-0.4, -0.2) is 23.7 Å². The van der Waals surface area contributed by atoms with E-state index < -0.39 is 10.0 Å². The van der Waals surface area contributed by atoms with E-state index in [1.165, 1.54) is 6.07 Å². The van der Waals surface area contributed by atoms with Gasteiger partial charge in [0.25, 0.3) is 0 Å². The van der Waals surface area contributed by atoms with Crippen LogP contribution in [0.2, 0.25) is 0 Å². The molecular formula is C15H13N3O3S. The second kappa shape index (κ2) is 5.28. The van der Waals surface area contributed by atoms with Crippen LogP contribution < -0.4 is 5.14 Å². The Morgan fingerprint density at radius 1 is 1.05 bits per heavy atom. The van der Waals surface area contributed by atoms with Crippen LogP contribution in [0.15, 0.2) is 59.5 Å². The summed E-state index contributed by atoms with van der Waals surface area (Å²) < 4.78 is 23.3. The van der Waals surface area contributed by atoms with E-state index in [0.29, 0.717) is 17.0 Å². The summed E-state index contributed by atoms with van der Waals surface area (Å²) in [5, 5.41) is 21.5. The molecule has 0 spiro atoms. The third-order valence-electron chi connectivity index (χ3n) is 3.22. The second-order valence-electron chi connectivity index (χ2n) is 4.75. The Morgan fingerprint density at radius 3 is 2.41 bits per heavy atom. The topological polar surface area (TPSA) is 109 Å². The first kappa shape index (κ1) is 14.3. The summed E-state index contributed by atoms with van der Waals surface area (Å²) in [4.78, 5) is 0.0379. The van der Waals surface area contributed by atoms with Crippen LogP contribution in [0.25, 0.3) is 22.5 Å². The molecule has 2 aromatic carbocycles. The average molecular weight is 315 g/mol. The first-order valence-corrected chi connectivity index (χ1v) is 7.97. The van der Waals surface area contributed by atoms with Crippen molar-refractivity contribution in [3.63, 3.8) is 0 Å². The number of aromatic nitrogens is 2. The number of benzene rings is 2. The number of rotatable bonds is 3. The molecule has 0 saturated carbocycles. The molecule has 1 aromatic heterocycles. The first-order valence-electron chi connectivity index (χ1n) is 6.42. The van der Waals surface area contributed by atoms with Crippen molar-refractivity contribution >= 4 is 10.0 Å². The maximum absolute atomic E-state index is 11.7. The molecule has 0 unspecified atom stereocenters. The Morgan fingerprint density at radius 2 is 1.73 bits per heavy atom. The Kier molecular flexibility index (Phi) is 3.44. The van der Waals surface area contributed by atoms with E-state index in [1.54, 1.807) is 48.5 Å². The molecule has 112 valence electrons. The molecule has 6 nitrogen and oxygen atoms in total. The lowest BCUT2D eigenvalue weighted by molar-refractivity contribution is 0.475. The van der Waals surface area contributed by atoms with Gasteiger partial charge in [-0.05, 0) is 36.4 Å². The zero-order chi connectivity index (χ0) is 15.7. The summed E-state index contributed by atoms with van der Waals surface area (Å²) in [7, 11) is -3.82. The minimum Gasteiger partial charge on any atom is -0.508 e. The standard InChI is InChI=1S/C15H13N3O3S/c16-22(20,21)15-4-2-1-3-12(15)14-9-13(17-18-14)10-5-7-11(19)8-6-10/h1-9,19H,(H,17,18)(H2,16,20,21). The number of nitrogens with two attached hydrogens (primary N) is 1. The smallest absolute Gasteiger partial charge is 0.238 e. The van der Waals surface area contributed by atoms with Crippen molar-refractivity contribution in [2.75, 3.05) is 0 Å². The summed E-state index contributed by atoms with van der Waals surface area (Å²) in [5.74, 6) is 0.166. The van der Waals surface area contributed by atoms with E-state index in [-0.39, 0.29) is 10.6 Å². The third-order valence-corrected chi connectivity index (χ3v) is 4.19. The molecule has 3 rings (SSSR count). The Balaban J connectivity index is 2.07. The first-order chi connectivity index (χ1) is 10.4. The molecule has 0 amide bonds. The molecule has 1 heterocycles. The number of H-pyrrole nitrogens is 1. The van der Waals surface area contributed by atoms with E-state index >= 15 is 0 Å². The molecule has 0 atom stereocenters. The van der Waals surface area contributed by atoms with E-state index in [1.807, 2.05) is 0 Å². The van der Waals surface area contributed by atoms with Gasteiger partial charge in [-0.2, -0.15) is 5.10 Å². The highest BCUT2D eigenvalue weighted by atomic mass is 32.2. The minimum atomic E-state index is -3.82. The number of aromatic amines is 1. The van der Waals surface area contributed by atoms with Gasteiger partial charge < -0.3 is 5.11 Å². The molecule has 7 heteroatoms. The highest BCUT2D eigenvalue weighted by Crippen LogP contribution is 2.28. The minimum absolute atomic E-state index is 0.0379. The van der Waals surface area contributed by atoms with Crippen LogP contribution in [0.5, 0.6) is 5.75 Å². The number of sulfonamides is 1. The largest absolute Gasteiger partial charge is 0.508 e. The van der Waals surface area contributed by atoms with Gasteiger partial charge in [0.1, 0.15) is 5.75 Å². The van der Waals surface area contributed by atoms with E-state index in [2.05, 4.69) is 10.2 Å². The van der Waals surface area contributed by atoms with Crippen molar-refractivity contribution in [3.05, 3.63) is 54.6 Å². The van der Waals surface area contributed by atoms with Crippen LogP contribution in [0.1, 0.15) is 0 Å². The average Bonchev–Trinajstić information content (AvgIpc) is 2.97. The molecule has 22 heavy (non-hydrogen) atoms. The number of nitrogens with zero attached hydrogens (tertiary/aromatic N) is 1. The fourth-order valence-electron chi connectivity index (χ4n) is 2.18. The van der Waals surface area contributed by atoms with Gasteiger partial charge in [-0.1, -0.05) is 18.2 Å². The predicted octanol–water partition coefficient (Wildman–Crippen LogP) is 2.10.